The molecule has 1 aromatic rings. The zero-order valence-corrected chi connectivity index (χ0v) is 8.93. The van der Waals surface area contributed by atoms with E-state index in [4.69, 9.17) is 0 Å². The summed E-state index contributed by atoms with van der Waals surface area (Å²) < 4.78 is 0. The maximum atomic E-state index is 10.9. The van der Waals surface area contributed by atoms with Gasteiger partial charge in [-0.2, -0.15) is 0 Å². The van der Waals surface area contributed by atoms with Crippen molar-refractivity contribution in [1.29, 1.82) is 0 Å². The highest BCUT2D eigenvalue weighted by Crippen LogP contribution is 2.50. The maximum absolute atomic E-state index is 10.9. The molecule has 1 aliphatic carbocycles. The highest BCUT2D eigenvalue weighted by molar-refractivity contribution is 5.44. The Labute approximate surface area is 93.8 Å². The maximum Gasteiger partial charge on any atom is 0.272 e. The molecule has 16 heavy (non-hydrogen) atoms. The predicted molar refractivity (Wildman–Crippen MR) is 60.3 cm³/mol. The molecular formula is C12H14N2O2. The first-order valence-electron chi connectivity index (χ1n) is 5.71. The average molecular weight is 218 g/mol. The SMILES string of the molecule is O=[N+]([O-])c1ccccc1[C@@H]1C[C@H]2CNC[C@@H]21. The summed E-state index contributed by atoms with van der Waals surface area (Å²) in [6, 6.07) is 7.17. The molecule has 3 atom stereocenters. The van der Waals surface area contributed by atoms with Gasteiger partial charge in [-0.05, 0) is 37.3 Å². The van der Waals surface area contributed by atoms with Crippen molar-refractivity contribution in [1.82, 2.24) is 5.32 Å². The molecule has 0 spiro atoms. The van der Waals surface area contributed by atoms with Crippen molar-refractivity contribution in [2.24, 2.45) is 11.8 Å². The van der Waals surface area contributed by atoms with E-state index in [-0.39, 0.29) is 10.6 Å². The van der Waals surface area contributed by atoms with Crippen molar-refractivity contribution in [3.8, 4) is 0 Å². The van der Waals surface area contributed by atoms with E-state index < -0.39 is 0 Å². The first kappa shape index (κ1) is 9.78. The van der Waals surface area contributed by atoms with Crippen molar-refractivity contribution < 1.29 is 4.92 Å². The van der Waals surface area contributed by atoms with Crippen molar-refractivity contribution >= 4 is 5.69 Å². The van der Waals surface area contributed by atoms with E-state index in [9.17, 15) is 10.1 Å². The lowest BCUT2D eigenvalue weighted by atomic mass is 9.63. The summed E-state index contributed by atoms with van der Waals surface area (Å²) in [5.41, 5.74) is 1.22. The highest BCUT2D eigenvalue weighted by atomic mass is 16.6. The Morgan fingerprint density at radius 3 is 2.88 bits per heavy atom. The molecule has 2 fully saturated rings. The summed E-state index contributed by atoms with van der Waals surface area (Å²) in [6.45, 7) is 2.10. The fourth-order valence-corrected chi connectivity index (χ4v) is 3.11. The summed E-state index contributed by atoms with van der Waals surface area (Å²) in [5.74, 6) is 1.74. The number of hydrogen-bond donors (Lipinski definition) is 1. The molecule has 1 heterocycles. The van der Waals surface area contributed by atoms with Gasteiger partial charge in [0, 0.05) is 11.6 Å². The second-order valence-electron chi connectivity index (χ2n) is 4.74. The van der Waals surface area contributed by atoms with Crippen LogP contribution in [0.3, 0.4) is 0 Å². The Bertz CT molecular complexity index is 433. The van der Waals surface area contributed by atoms with Gasteiger partial charge in [0.15, 0.2) is 0 Å². The lowest BCUT2D eigenvalue weighted by molar-refractivity contribution is -0.386. The summed E-state index contributed by atoms with van der Waals surface area (Å²) in [4.78, 5) is 10.7. The molecular weight excluding hydrogens is 204 g/mol. The van der Waals surface area contributed by atoms with Crippen LogP contribution in [0.2, 0.25) is 0 Å². The molecule has 3 rings (SSSR count). The van der Waals surface area contributed by atoms with E-state index in [0.717, 1.165) is 31.0 Å². The Hall–Kier alpha value is -1.42. The van der Waals surface area contributed by atoms with Gasteiger partial charge in [-0.3, -0.25) is 10.1 Å². The lowest BCUT2D eigenvalue weighted by Gasteiger charge is -2.39. The molecule has 84 valence electrons. The van der Waals surface area contributed by atoms with Gasteiger partial charge in [-0.15, -0.1) is 0 Å². The van der Waals surface area contributed by atoms with Crippen molar-refractivity contribution in [2.45, 2.75) is 12.3 Å². The van der Waals surface area contributed by atoms with Crippen LogP contribution in [0, 0.1) is 22.0 Å². The van der Waals surface area contributed by atoms with Crippen LogP contribution >= 0.6 is 0 Å². The number of nitro groups is 1. The van der Waals surface area contributed by atoms with E-state index in [0.29, 0.717) is 11.8 Å². The first-order chi connectivity index (χ1) is 7.77. The minimum atomic E-state index is -0.259. The number of fused-ring (bicyclic) bond motifs is 1. The second-order valence-corrected chi connectivity index (χ2v) is 4.74. The number of nitrogens with zero attached hydrogens (tertiary/aromatic N) is 1. The molecule has 1 saturated carbocycles. The minimum absolute atomic E-state index is 0.259. The number of nitro benzene ring substituents is 1. The van der Waals surface area contributed by atoms with Crippen LogP contribution in [0.4, 0.5) is 5.69 Å². The van der Waals surface area contributed by atoms with Gasteiger partial charge in [0.25, 0.3) is 5.69 Å². The first-order valence-corrected chi connectivity index (χ1v) is 5.71. The molecule has 4 heteroatoms. The van der Waals surface area contributed by atoms with E-state index in [1.54, 1.807) is 12.1 Å². The van der Waals surface area contributed by atoms with Crippen molar-refractivity contribution in [2.75, 3.05) is 13.1 Å². The van der Waals surface area contributed by atoms with Crippen LogP contribution in [-0.4, -0.2) is 18.0 Å². The predicted octanol–water partition coefficient (Wildman–Crippen LogP) is 1.92. The third-order valence-electron chi connectivity index (χ3n) is 4.00. The van der Waals surface area contributed by atoms with E-state index >= 15 is 0 Å². The summed E-state index contributed by atoms with van der Waals surface area (Å²) in [7, 11) is 0. The normalized spacial score (nSPS) is 31.9. The molecule has 0 bridgehead atoms. The summed E-state index contributed by atoms with van der Waals surface area (Å²) in [6.07, 6.45) is 1.10. The van der Waals surface area contributed by atoms with Crippen molar-refractivity contribution in [3.63, 3.8) is 0 Å². The summed E-state index contributed by atoms with van der Waals surface area (Å²) >= 11 is 0. The number of para-hydroxylation sites is 1. The molecule has 2 aliphatic rings. The Morgan fingerprint density at radius 2 is 2.12 bits per heavy atom. The topological polar surface area (TPSA) is 55.2 Å². The van der Waals surface area contributed by atoms with E-state index in [1.165, 1.54) is 0 Å². The van der Waals surface area contributed by atoms with Crippen LogP contribution in [0.5, 0.6) is 0 Å². The van der Waals surface area contributed by atoms with Crippen LogP contribution in [0.15, 0.2) is 24.3 Å². The zero-order chi connectivity index (χ0) is 11.1. The average Bonchev–Trinajstić information content (AvgIpc) is 2.61. The molecule has 1 aromatic carbocycles. The van der Waals surface area contributed by atoms with Gasteiger partial charge in [-0.25, -0.2) is 0 Å². The van der Waals surface area contributed by atoms with Crippen LogP contribution < -0.4 is 5.32 Å². The van der Waals surface area contributed by atoms with Gasteiger partial charge in [-0.1, -0.05) is 18.2 Å². The largest absolute Gasteiger partial charge is 0.316 e. The fraction of sp³-hybridized carbons (Fsp3) is 0.500. The molecule has 1 N–H and O–H groups in total. The van der Waals surface area contributed by atoms with E-state index in [2.05, 4.69) is 5.32 Å². The lowest BCUT2D eigenvalue weighted by Crippen LogP contribution is -2.33. The van der Waals surface area contributed by atoms with Gasteiger partial charge < -0.3 is 5.32 Å². The summed E-state index contributed by atoms with van der Waals surface area (Å²) in [5, 5.41) is 14.3. The number of nitrogens with one attached hydrogen (secondary N) is 1. The van der Waals surface area contributed by atoms with E-state index in [1.807, 2.05) is 12.1 Å². The smallest absolute Gasteiger partial charge is 0.272 e. The highest BCUT2D eigenvalue weighted by Gasteiger charge is 2.46. The standard InChI is InChI=1S/C12H14N2O2/c15-14(16)12-4-2-1-3-9(12)10-5-8-6-13-7-11(8)10/h1-4,8,10-11,13H,5-7H2/t8-,10-,11-/m0/s1. The molecule has 4 nitrogen and oxygen atoms in total. The van der Waals surface area contributed by atoms with Gasteiger partial charge in [0.05, 0.1) is 4.92 Å². The molecule has 0 amide bonds. The van der Waals surface area contributed by atoms with Crippen LogP contribution in [0.25, 0.3) is 0 Å². The second kappa shape index (κ2) is 3.56. The zero-order valence-electron chi connectivity index (χ0n) is 8.93. The monoisotopic (exact) mass is 218 g/mol. The quantitative estimate of drug-likeness (QED) is 0.609. The molecule has 0 radical (unpaired) electrons. The van der Waals surface area contributed by atoms with Gasteiger partial charge >= 0.3 is 0 Å². The Morgan fingerprint density at radius 1 is 1.31 bits per heavy atom. The van der Waals surface area contributed by atoms with Gasteiger partial charge in [0.2, 0.25) is 0 Å². The number of rotatable bonds is 2. The number of benzene rings is 1. The number of hydrogen-bond acceptors (Lipinski definition) is 3. The third kappa shape index (κ3) is 1.33. The molecule has 1 saturated heterocycles. The third-order valence-corrected chi connectivity index (χ3v) is 4.00. The van der Waals surface area contributed by atoms with Crippen LogP contribution in [-0.2, 0) is 0 Å². The van der Waals surface area contributed by atoms with Gasteiger partial charge in [0.1, 0.15) is 0 Å². The minimum Gasteiger partial charge on any atom is -0.316 e. The Kier molecular flexibility index (Phi) is 2.17. The molecule has 0 unspecified atom stereocenters. The van der Waals surface area contributed by atoms with Crippen molar-refractivity contribution in [3.05, 3.63) is 39.9 Å². The fourth-order valence-electron chi connectivity index (χ4n) is 3.11. The Balaban J connectivity index is 1.92. The molecule has 0 aromatic heterocycles. The molecule has 1 aliphatic heterocycles. The van der Waals surface area contributed by atoms with Crippen LogP contribution in [0.1, 0.15) is 17.9 Å².